The van der Waals surface area contributed by atoms with E-state index in [2.05, 4.69) is 10.1 Å². The molecule has 1 rings (SSSR count). The summed E-state index contributed by atoms with van der Waals surface area (Å²) in [4.78, 5) is 3.74. The van der Waals surface area contributed by atoms with Crippen LogP contribution in [-0.2, 0) is 16.0 Å². The molecule has 0 aliphatic rings. The fourth-order valence-electron chi connectivity index (χ4n) is 0.832. The molecule has 1 aromatic rings. The van der Waals surface area contributed by atoms with Crippen LogP contribution in [0.1, 0.15) is 5.82 Å². The third kappa shape index (κ3) is 2.50. The number of hydrogen-bond donors (Lipinski definition) is 0. The summed E-state index contributed by atoms with van der Waals surface area (Å²) in [5.74, 6) is 0.144. The van der Waals surface area contributed by atoms with Gasteiger partial charge in [-0.15, -0.1) is 5.10 Å². The minimum atomic E-state index is -0.367. The minimum Gasteiger partial charge on any atom is -0.354 e. The number of ether oxygens (including phenoxy) is 2. The molecule has 0 aliphatic heterocycles. The summed E-state index contributed by atoms with van der Waals surface area (Å²) < 4.78 is 11.4. The quantitative estimate of drug-likeness (QED) is 0.601. The molecule has 0 fully saturated rings. The molecule has 1 aromatic heterocycles. The van der Waals surface area contributed by atoms with Crippen LogP contribution in [0.2, 0.25) is 0 Å². The third-order valence-electron chi connectivity index (χ3n) is 1.50. The average molecular weight is 182 g/mol. The van der Waals surface area contributed by atoms with E-state index in [1.165, 1.54) is 25.2 Å². The zero-order chi connectivity index (χ0) is 9.68. The predicted octanol–water partition coefficient (Wildman–Crippen LogP) is -0.231. The van der Waals surface area contributed by atoms with Gasteiger partial charge in [-0.1, -0.05) is 0 Å². The molecule has 0 radical (unpaired) electrons. The van der Waals surface area contributed by atoms with Crippen molar-refractivity contribution in [3.63, 3.8) is 0 Å². The first-order valence-electron chi connectivity index (χ1n) is 3.65. The predicted molar refractivity (Wildman–Crippen MR) is 42.5 cm³/mol. The number of methoxy groups -OCH3 is 2. The molecule has 0 unspecified atom stereocenters. The van der Waals surface area contributed by atoms with Crippen molar-refractivity contribution in [2.45, 2.75) is 12.8 Å². The van der Waals surface area contributed by atoms with E-state index in [9.17, 15) is 0 Å². The largest absolute Gasteiger partial charge is 0.354 e. The lowest BCUT2D eigenvalue weighted by molar-refractivity contribution is -0.112. The fourth-order valence-corrected chi connectivity index (χ4v) is 0.832. The van der Waals surface area contributed by atoms with Crippen molar-refractivity contribution in [2.75, 3.05) is 14.2 Å². The molecule has 6 heteroatoms. The second-order valence-corrected chi connectivity index (χ2v) is 2.30. The molecule has 6 nitrogen and oxygen atoms in total. The van der Waals surface area contributed by atoms with E-state index < -0.39 is 0 Å². The van der Waals surface area contributed by atoms with Crippen molar-refractivity contribution in [1.29, 1.82) is 5.26 Å². The molecule has 0 bridgehead atoms. The zero-order valence-corrected chi connectivity index (χ0v) is 7.47. The van der Waals surface area contributed by atoms with Gasteiger partial charge in [-0.3, -0.25) is 0 Å². The maximum Gasteiger partial charge on any atom is 0.252 e. The van der Waals surface area contributed by atoms with Crippen LogP contribution >= 0.6 is 0 Å². The van der Waals surface area contributed by atoms with Gasteiger partial charge in [-0.05, 0) is 0 Å². The smallest absolute Gasteiger partial charge is 0.252 e. The molecule has 0 amide bonds. The van der Waals surface area contributed by atoms with Crippen LogP contribution in [0.4, 0.5) is 0 Å². The van der Waals surface area contributed by atoms with Gasteiger partial charge in [0.25, 0.3) is 5.82 Å². The summed E-state index contributed by atoms with van der Waals surface area (Å²) in [5, 5.41) is 12.3. The highest BCUT2D eigenvalue weighted by Gasteiger charge is 2.07. The van der Waals surface area contributed by atoms with E-state index in [4.69, 9.17) is 14.7 Å². The summed E-state index contributed by atoms with van der Waals surface area (Å²) in [6, 6.07) is 1.83. The van der Waals surface area contributed by atoms with Crippen molar-refractivity contribution in [1.82, 2.24) is 14.8 Å². The third-order valence-corrected chi connectivity index (χ3v) is 1.50. The molecule has 0 aromatic carbocycles. The Kier molecular flexibility index (Phi) is 3.37. The summed E-state index contributed by atoms with van der Waals surface area (Å²) in [7, 11) is 3.08. The van der Waals surface area contributed by atoms with Gasteiger partial charge in [0.05, 0.1) is 6.54 Å². The highest BCUT2D eigenvalue weighted by molar-refractivity contribution is 5.05. The number of nitriles is 1. The van der Waals surface area contributed by atoms with E-state index in [0.717, 1.165) is 0 Å². The van der Waals surface area contributed by atoms with Gasteiger partial charge in [-0.2, -0.15) is 5.26 Å². The van der Waals surface area contributed by atoms with E-state index in [0.29, 0.717) is 6.54 Å². The van der Waals surface area contributed by atoms with E-state index in [1.807, 2.05) is 6.07 Å². The Morgan fingerprint density at radius 1 is 1.62 bits per heavy atom. The average Bonchev–Trinajstić information content (AvgIpc) is 2.61. The van der Waals surface area contributed by atoms with Gasteiger partial charge < -0.3 is 9.47 Å². The van der Waals surface area contributed by atoms with Crippen LogP contribution < -0.4 is 0 Å². The van der Waals surface area contributed by atoms with Crippen LogP contribution in [0, 0.1) is 11.3 Å². The van der Waals surface area contributed by atoms with Crippen LogP contribution in [0.5, 0.6) is 0 Å². The lowest BCUT2D eigenvalue weighted by Gasteiger charge is -2.11. The zero-order valence-electron chi connectivity index (χ0n) is 7.47. The highest BCUT2D eigenvalue weighted by atomic mass is 16.7. The molecule has 0 saturated carbocycles. The summed E-state index contributed by atoms with van der Waals surface area (Å²) in [6.45, 7) is 0.418. The molecular formula is C7H10N4O2. The van der Waals surface area contributed by atoms with E-state index in [-0.39, 0.29) is 12.1 Å². The minimum absolute atomic E-state index is 0.144. The Morgan fingerprint density at radius 3 is 2.77 bits per heavy atom. The Morgan fingerprint density at radius 2 is 2.31 bits per heavy atom. The van der Waals surface area contributed by atoms with Gasteiger partial charge in [0.1, 0.15) is 12.4 Å². The molecular weight excluding hydrogens is 172 g/mol. The van der Waals surface area contributed by atoms with Crippen LogP contribution in [0.15, 0.2) is 6.33 Å². The first-order chi connectivity index (χ1) is 6.30. The molecule has 0 spiro atoms. The van der Waals surface area contributed by atoms with Crippen LogP contribution in [0.25, 0.3) is 0 Å². The topological polar surface area (TPSA) is 73.0 Å². The maximum absolute atomic E-state index is 8.45. The van der Waals surface area contributed by atoms with Crippen molar-refractivity contribution >= 4 is 0 Å². The van der Waals surface area contributed by atoms with Gasteiger partial charge in [0.15, 0.2) is 6.29 Å². The lowest BCUT2D eigenvalue weighted by atomic mass is 10.6. The van der Waals surface area contributed by atoms with E-state index >= 15 is 0 Å². The Balaban J connectivity index is 2.58. The van der Waals surface area contributed by atoms with Crippen molar-refractivity contribution in [3.8, 4) is 6.07 Å². The summed E-state index contributed by atoms with van der Waals surface area (Å²) in [6.07, 6.45) is 1.09. The first-order valence-corrected chi connectivity index (χ1v) is 3.65. The second kappa shape index (κ2) is 4.54. The molecule has 0 N–H and O–H groups in total. The number of aromatic nitrogens is 3. The van der Waals surface area contributed by atoms with Gasteiger partial charge in [0.2, 0.25) is 0 Å². The molecule has 0 saturated heterocycles. The van der Waals surface area contributed by atoms with Crippen molar-refractivity contribution < 1.29 is 9.47 Å². The number of rotatable bonds is 4. The normalized spacial score (nSPS) is 10.3. The highest BCUT2D eigenvalue weighted by Crippen LogP contribution is 1.95. The summed E-state index contributed by atoms with van der Waals surface area (Å²) >= 11 is 0. The Hall–Kier alpha value is -1.45. The Bertz CT molecular complexity index is 300. The van der Waals surface area contributed by atoms with Crippen LogP contribution in [-0.4, -0.2) is 35.3 Å². The molecule has 1 heterocycles. The van der Waals surface area contributed by atoms with Gasteiger partial charge in [0, 0.05) is 14.2 Å². The second-order valence-electron chi connectivity index (χ2n) is 2.30. The first kappa shape index (κ1) is 9.64. The van der Waals surface area contributed by atoms with E-state index in [1.54, 1.807) is 0 Å². The molecule has 70 valence electrons. The summed E-state index contributed by atoms with van der Waals surface area (Å²) in [5.41, 5.74) is 0. The maximum atomic E-state index is 8.45. The molecule has 13 heavy (non-hydrogen) atoms. The standard InChI is InChI=1S/C7H10N4O2/c1-12-7(13-2)4-11-5-9-6(3-8)10-11/h5,7H,4H2,1-2H3. The number of hydrogen-bond acceptors (Lipinski definition) is 5. The lowest BCUT2D eigenvalue weighted by Crippen LogP contribution is -2.20. The monoisotopic (exact) mass is 182 g/mol. The van der Waals surface area contributed by atoms with Crippen LogP contribution in [0.3, 0.4) is 0 Å². The van der Waals surface area contributed by atoms with Crippen molar-refractivity contribution in [3.05, 3.63) is 12.2 Å². The molecule has 0 atom stereocenters. The Labute approximate surface area is 75.7 Å². The van der Waals surface area contributed by atoms with Crippen molar-refractivity contribution in [2.24, 2.45) is 0 Å². The molecule has 0 aliphatic carbocycles. The van der Waals surface area contributed by atoms with Gasteiger partial charge >= 0.3 is 0 Å². The SMILES string of the molecule is COC(Cn1cnc(C#N)n1)OC. The number of nitrogens with zero attached hydrogens (tertiary/aromatic N) is 4. The van der Waals surface area contributed by atoms with Gasteiger partial charge in [-0.25, -0.2) is 9.67 Å². The fraction of sp³-hybridized carbons (Fsp3) is 0.571.